The molecular weight excluding hydrogens is 401 g/mol. The minimum Gasteiger partial charge on any atom is -0.495 e. The monoisotopic (exact) mass is 425 g/mol. The Balaban J connectivity index is 1.37. The molecule has 9 heteroatoms. The summed E-state index contributed by atoms with van der Waals surface area (Å²) >= 11 is 0. The largest absolute Gasteiger partial charge is 0.495 e. The fourth-order valence-corrected chi connectivity index (χ4v) is 3.38. The number of hydrogen-bond donors (Lipinski definition) is 1. The molecular formula is C22H24FN5O3. The first-order chi connectivity index (χ1) is 14.9. The average Bonchev–Trinajstić information content (AvgIpc) is 3.55. The second kappa shape index (κ2) is 8.71. The van der Waals surface area contributed by atoms with Gasteiger partial charge in [0.2, 0.25) is 5.88 Å². The van der Waals surface area contributed by atoms with Gasteiger partial charge in [0.1, 0.15) is 17.3 Å². The number of methoxy groups -OCH3 is 1. The Morgan fingerprint density at radius 3 is 2.84 bits per heavy atom. The lowest BCUT2D eigenvalue weighted by molar-refractivity contribution is 0.278. The molecule has 0 amide bonds. The normalized spacial score (nSPS) is 17.3. The summed E-state index contributed by atoms with van der Waals surface area (Å²) in [5, 5.41) is 7.22. The van der Waals surface area contributed by atoms with E-state index in [9.17, 15) is 9.18 Å². The van der Waals surface area contributed by atoms with Gasteiger partial charge in [0, 0.05) is 30.6 Å². The van der Waals surface area contributed by atoms with Crippen molar-refractivity contribution >= 4 is 5.69 Å². The van der Waals surface area contributed by atoms with E-state index in [1.54, 1.807) is 39.4 Å². The number of halogens is 1. The van der Waals surface area contributed by atoms with Gasteiger partial charge in [-0.3, -0.25) is 14.8 Å². The summed E-state index contributed by atoms with van der Waals surface area (Å²) in [4.78, 5) is 21.0. The van der Waals surface area contributed by atoms with E-state index >= 15 is 0 Å². The van der Waals surface area contributed by atoms with Crippen molar-refractivity contribution in [1.29, 1.82) is 0 Å². The maximum absolute atomic E-state index is 13.4. The molecule has 4 rings (SSSR count). The van der Waals surface area contributed by atoms with Crippen LogP contribution in [0.15, 0.2) is 41.3 Å². The Morgan fingerprint density at radius 2 is 2.13 bits per heavy atom. The quantitative estimate of drug-likeness (QED) is 0.593. The molecule has 3 aromatic heterocycles. The molecule has 0 bridgehead atoms. The van der Waals surface area contributed by atoms with Crippen LogP contribution in [0.4, 0.5) is 10.1 Å². The van der Waals surface area contributed by atoms with E-state index in [0.717, 1.165) is 17.9 Å². The summed E-state index contributed by atoms with van der Waals surface area (Å²) in [6, 6.07) is 8.41. The summed E-state index contributed by atoms with van der Waals surface area (Å²) in [6.45, 7) is 2.37. The van der Waals surface area contributed by atoms with E-state index < -0.39 is 0 Å². The van der Waals surface area contributed by atoms with Crippen LogP contribution in [0, 0.1) is 18.7 Å². The summed E-state index contributed by atoms with van der Waals surface area (Å²) in [7, 11) is 3.19. The van der Waals surface area contributed by atoms with Crippen LogP contribution in [0.3, 0.4) is 0 Å². The Morgan fingerprint density at radius 1 is 1.29 bits per heavy atom. The van der Waals surface area contributed by atoms with Crippen molar-refractivity contribution in [2.24, 2.45) is 13.0 Å². The molecule has 1 fully saturated rings. The molecule has 3 heterocycles. The van der Waals surface area contributed by atoms with Gasteiger partial charge in [0.25, 0.3) is 5.56 Å². The highest BCUT2D eigenvalue weighted by Gasteiger charge is 2.40. The van der Waals surface area contributed by atoms with E-state index in [0.29, 0.717) is 41.4 Å². The first kappa shape index (κ1) is 20.8. The van der Waals surface area contributed by atoms with Gasteiger partial charge < -0.3 is 14.8 Å². The first-order valence-electron chi connectivity index (χ1n) is 10.0. The standard InChI is InChI=1S/C22H24FN5O3/c1-13-18(23)6-4-15(26-13)10-24-20-9-21(27-28(2)22(20)29)31-12-14-8-17(14)19-7-5-16(30-3)11-25-19/h4-7,9,11,14,17,24H,8,10,12H2,1-3H3/t14-,17+/m1/s1. The van der Waals surface area contributed by atoms with Crippen molar-refractivity contribution in [2.45, 2.75) is 25.8 Å². The molecule has 1 N–H and O–H groups in total. The molecule has 1 saturated carbocycles. The van der Waals surface area contributed by atoms with Crippen LogP contribution in [-0.4, -0.2) is 33.5 Å². The predicted octanol–water partition coefficient (Wildman–Crippen LogP) is 2.82. The highest BCUT2D eigenvalue weighted by Crippen LogP contribution is 2.46. The van der Waals surface area contributed by atoms with Gasteiger partial charge in [-0.1, -0.05) is 0 Å². The molecule has 8 nitrogen and oxygen atoms in total. The van der Waals surface area contributed by atoms with Crippen molar-refractivity contribution in [1.82, 2.24) is 19.7 Å². The number of aromatic nitrogens is 4. The predicted molar refractivity (Wildman–Crippen MR) is 113 cm³/mol. The van der Waals surface area contributed by atoms with Gasteiger partial charge >= 0.3 is 0 Å². The zero-order chi connectivity index (χ0) is 22.0. The average molecular weight is 425 g/mol. The third-order valence-electron chi connectivity index (χ3n) is 5.32. The highest BCUT2D eigenvalue weighted by atomic mass is 19.1. The Bertz CT molecular complexity index is 1130. The smallest absolute Gasteiger partial charge is 0.290 e. The molecule has 3 aromatic rings. The number of anilines is 1. The zero-order valence-corrected chi connectivity index (χ0v) is 17.6. The van der Waals surface area contributed by atoms with Crippen LogP contribution in [-0.2, 0) is 13.6 Å². The molecule has 0 radical (unpaired) electrons. The molecule has 0 aromatic carbocycles. The number of nitrogens with one attached hydrogen (secondary N) is 1. The van der Waals surface area contributed by atoms with E-state index in [4.69, 9.17) is 9.47 Å². The van der Waals surface area contributed by atoms with Crippen molar-refractivity contribution in [3.63, 3.8) is 0 Å². The maximum Gasteiger partial charge on any atom is 0.290 e. The third kappa shape index (κ3) is 4.82. The fourth-order valence-electron chi connectivity index (χ4n) is 3.38. The Kier molecular flexibility index (Phi) is 5.83. The van der Waals surface area contributed by atoms with E-state index in [-0.39, 0.29) is 17.9 Å². The summed E-state index contributed by atoms with van der Waals surface area (Å²) < 4.78 is 25.6. The molecule has 0 spiro atoms. The van der Waals surface area contributed by atoms with E-state index in [1.165, 1.54) is 10.7 Å². The van der Waals surface area contributed by atoms with Crippen LogP contribution < -0.4 is 20.3 Å². The van der Waals surface area contributed by atoms with Gasteiger partial charge in [-0.15, -0.1) is 5.10 Å². The maximum atomic E-state index is 13.4. The van der Waals surface area contributed by atoms with Gasteiger partial charge in [-0.05, 0) is 37.6 Å². The van der Waals surface area contributed by atoms with Gasteiger partial charge in [-0.25, -0.2) is 9.07 Å². The molecule has 0 unspecified atom stereocenters. The van der Waals surface area contributed by atoms with Crippen molar-refractivity contribution < 1.29 is 13.9 Å². The lowest BCUT2D eigenvalue weighted by atomic mass is 10.2. The van der Waals surface area contributed by atoms with Crippen LogP contribution in [0.2, 0.25) is 0 Å². The van der Waals surface area contributed by atoms with Crippen LogP contribution >= 0.6 is 0 Å². The number of nitrogens with zero attached hydrogens (tertiary/aromatic N) is 4. The SMILES string of the molecule is COc1ccc([C@H]2C[C@@H]2COc2cc(NCc3ccc(F)c(C)n3)c(=O)n(C)n2)nc1. The van der Waals surface area contributed by atoms with Crippen molar-refractivity contribution in [2.75, 3.05) is 19.0 Å². The minimum absolute atomic E-state index is 0.280. The number of rotatable bonds is 8. The molecule has 1 aliphatic carbocycles. The minimum atomic E-state index is -0.359. The number of ether oxygens (including phenoxy) is 2. The van der Waals surface area contributed by atoms with Crippen molar-refractivity contribution in [3.05, 3.63) is 69.8 Å². The highest BCUT2D eigenvalue weighted by molar-refractivity contribution is 5.43. The Hall–Kier alpha value is -3.49. The molecule has 0 saturated heterocycles. The number of pyridine rings is 2. The summed E-state index contributed by atoms with van der Waals surface area (Å²) in [6.07, 6.45) is 2.71. The number of hydrogen-bond acceptors (Lipinski definition) is 7. The van der Waals surface area contributed by atoms with Crippen molar-refractivity contribution in [3.8, 4) is 11.6 Å². The molecule has 0 aliphatic heterocycles. The molecule has 1 aliphatic rings. The van der Waals surface area contributed by atoms with Gasteiger partial charge in [0.15, 0.2) is 0 Å². The lowest BCUT2D eigenvalue weighted by Crippen LogP contribution is -2.24. The molecule has 31 heavy (non-hydrogen) atoms. The van der Waals surface area contributed by atoms with E-state index in [2.05, 4.69) is 20.4 Å². The second-order valence-corrected chi connectivity index (χ2v) is 7.58. The van der Waals surface area contributed by atoms with Gasteiger partial charge in [0.05, 0.1) is 37.8 Å². The van der Waals surface area contributed by atoms with E-state index in [1.807, 2.05) is 12.1 Å². The van der Waals surface area contributed by atoms with Crippen LogP contribution in [0.1, 0.15) is 29.4 Å². The lowest BCUT2D eigenvalue weighted by Gasteiger charge is -2.11. The van der Waals surface area contributed by atoms with Crippen LogP contribution in [0.25, 0.3) is 0 Å². The Labute approximate surface area is 179 Å². The molecule has 2 atom stereocenters. The number of aryl methyl sites for hydroxylation is 2. The first-order valence-corrected chi connectivity index (χ1v) is 10.0. The third-order valence-corrected chi connectivity index (χ3v) is 5.32. The fraction of sp³-hybridized carbons (Fsp3) is 0.364. The summed E-state index contributed by atoms with van der Waals surface area (Å²) in [5.74, 6) is 1.44. The zero-order valence-electron chi connectivity index (χ0n) is 17.6. The van der Waals surface area contributed by atoms with Crippen LogP contribution in [0.5, 0.6) is 11.6 Å². The summed E-state index contributed by atoms with van der Waals surface area (Å²) in [5.41, 5.74) is 2.04. The second-order valence-electron chi connectivity index (χ2n) is 7.58. The van der Waals surface area contributed by atoms with Gasteiger partial charge in [-0.2, -0.15) is 0 Å². The molecule has 162 valence electrons. The topological polar surface area (TPSA) is 91.2 Å².